The standard InChI is InChI=1S/C22H25N3O2S2/c1-27-17-8-5-7-16(13-17)14-23-19(26)15-29-21-20(18-9-6-12-28-18)24-22(25-21)10-3-2-4-11-22/h5-9,12-13H,2-4,10-11,14-15H2,1H3,(H,23,26). The van der Waals surface area contributed by atoms with Crippen molar-refractivity contribution in [1.29, 1.82) is 0 Å². The number of nitrogens with zero attached hydrogens (tertiary/aromatic N) is 2. The Morgan fingerprint density at radius 3 is 2.83 bits per heavy atom. The molecular formula is C22H25N3O2S2. The summed E-state index contributed by atoms with van der Waals surface area (Å²) < 4.78 is 5.23. The number of carbonyl (C=O) groups is 1. The van der Waals surface area contributed by atoms with E-state index in [1.165, 1.54) is 31.0 Å². The monoisotopic (exact) mass is 427 g/mol. The van der Waals surface area contributed by atoms with Gasteiger partial charge in [0, 0.05) is 6.54 Å². The second-order valence-electron chi connectivity index (χ2n) is 7.31. The zero-order valence-corrected chi connectivity index (χ0v) is 18.2. The number of carbonyl (C=O) groups excluding carboxylic acids is 1. The molecule has 5 nitrogen and oxygen atoms in total. The van der Waals surface area contributed by atoms with Gasteiger partial charge in [0.1, 0.15) is 16.5 Å². The van der Waals surface area contributed by atoms with Crippen LogP contribution in [-0.4, -0.2) is 35.2 Å². The van der Waals surface area contributed by atoms with Gasteiger partial charge >= 0.3 is 0 Å². The minimum atomic E-state index is -0.295. The van der Waals surface area contributed by atoms with Crippen LogP contribution in [-0.2, 0) is 11.3 Å². The van der Waals surface area contributed by atoms with Gasteiger partial charge in [0.25, 0.3) is 0 Å². The summed E-state index contributed by atoms with van der Waals surface area (Å²) in [6.45, 7) is 0.485. The molecule has 1 fully saturated rings. The number of aliphatic imine (C=N–C) groups is 2. The summed E-state index contributed by atoms with van der Waals surface area (Å²) in [4.78, 5) is 23.6. The van der Waals surface area contributed by atoms with Gasteiger partial charge in [-0.2, -0.15) is 0 Å². The van der Waals surface area contributed by atoms with Gasteiger partial charge in [-0.05, 0) is 54.8 Å². The molecule has 1 spiro atoms. The number of hydrogen-bond acceptors (Lipinski definition) is 6. The summed E-state index contributed by atoms with van der Waals surface area (Å²) in [6, 6.07) is 11.9. The topological polar surface area (TPSA) is 63.0 Å². The maximum atomic E-state index is 12.4. The molecule has 152 valence electrons. The smallest absolute Gasteiger partial charge is 0.230 e. The highest BCUT2D eigenvalue weighted by Crippen LogP contribution is 2.39. The number of amides is 1. The Labute approximate surface area is 179 Å². The van der Waals surface area contributed by atoms with Gasteiger partial charge in [-0.3, -0.25) is 9.79 Å². The van der Waals surface area contributed by atoms with Gasteiger partial charge in [0.05, 0.1) is 17.7 Å². The lowest BCUT2D eigenvalue weighted by Crippen LogP contribution is -2.26. The highest BCUT2D eigenvalue weighted by molar-refractivity contribution is 8.16. The predicted octanol–water partition coefficient (Wildman–Crippen LogP) is 4.67. The molecule has 1 aliphatic heterocycles. The molecule has 1 aromatic carbocycles. The SMILES string of the molecule is COc1cccc(CNC(=O)CSC2=NC3(CCCCC3)N=C2c2cccs2)c1. The minimum absolute atomic E-state index is 0.00403. The number of hydrogen-bond donors (Lipinski definition) is 1. The zero-order valence-electron chi connectivity index (χ0n) is 16.5. The average Bonchev–Trinajstić information content (AvgIpc) is 3.40. The van der Waals surface area contributed by atoms with E-state index in [9.17, 15) is 4.79 Å². The molecule has 0 saturated heterocycles. The van der Waals surface area contributed by atoms with Crippen molar-refractivity contribution in [3.8, 4) is 5.75 Å². The van der Waals surface area contributed by atoms with Gasteiger partial charge in [0.15, 0.2) is 5.66 Å². The van der Waals surface area contributed by atoms with Crippen molar-refractivity contribution < 1.29 is 9.53 Å². The normalized spacial score (nSPS) is 17.7. The number of ether oxygens (including phenoxy) is 1. The molecule has 2 heterocycles. The highest BCUT2D eigenvalue weighted by atomic mass is 32.2. The number of thioether (sulfide) groups is 1. The molecule has 1 saturated carbocycles. The first-order valence-electron chi connectivity index (χ1n) is 9.94. The zero-order chi connectivity index (χ0) is 20.1. The Morgan fingerprint density at radius 2 is 2.07 bits per heavy atom. The summed E-state index contributed by atoms with van der Waals surface area (Å²) in [7, 11) is 1.64. The molecule has 7 heteroatoms. The maximum absolute atomic E-state index is 12.4. The van der Waals surface area contributed by atoms with Gasteiger partial charge in [-0.15, -0.1) is 11.3 Å². The summed E-state index contributed by atoms with van der Waals surface area (Å²) in [5, 5.41) is 5.96. The van der Waals surface area contributed by atoms with Crippen LogP contribution in [0.4, 0.5) is 0 Å². The van der Waals surface area contributed by atoms with Crippen LogP contribution >= 0.6 is 23.1 Å². The van der Waals surface area contributed by atoms with Crippen LogP contribution in [0.1, 0.15) is 42.5 Å². The highest BCUT2D eigenvalue weighted by Gasteiger charge is 2.38. The summed E-state index contributed by atoms with van der Waals surface area (Å²) >= 11 is 3.18. The average molecular weight is 428 g/mol. The third kappa shape index (κ3) is 4.90. The van der Waals surface area contributed by atoms with E-state index in [-0.39, 0.29) is 11.6 Å². The third-order valence-electron chi connectivity index (χ3n) is 5.20. The molecule has 1 amide bonds. The van der Waals surface area contributed by atoms with Crippen molar-refractivity contribution in [3.05, 3.63) is 52.2 Å². The summed E-state index contributed by atoms with van der Waals surface area (Å²) in [5.74, 6) is 1.13. The quantitative estimate of drug-likeness (QED) is 0.729. The van der Waals surface area contributed by atoms with Crippen molar-refractivity contribution in [1.82, 2.24) is 5.32 Å². The maximum Gasteiger partial charge on any atom is 0.230 e. The van der Waals surface area contributed by atoms with Crippen LogP contribution < -0.4 is 10.1 Å². The molecule has 4 rings (SSSR count). The van der Waals surface area contributed by atoms with Crippen LogP contribution in [0, 0.1) is 0 Å². The second kappa shape index (κ2) is 9.13. The fraction of sp³-hybridized carbons (Fsp3) is 0.409. The van der Waals surface area contributed by atoms with Crippen LogP contribution in [0.2, 0.25) is 0 Å². The molecule has 0 bridgehead atoms. The lowest BCUT2D eigenvalue weighted by Gasteiger charge is -2.27. The van der Waals surface area contributed by atoms with Gasteiger partial charge < -0.3 is 10.1 Å². The van der Waals surface area contributed by atoms with E-state index < -0.39 is 0 Å². The van der Waals surface area contributed by atoms with Crippen molar-refractivity contribution in [2.24, 2.45) is 9.98 Å². The van der Waals surface area contributed by atoms with Gasteiger partial charge in [-0.25, -0.2) is 4.99 Å². The molecule has 0 radical (unpaired) electrons. The van der Waals surface area contributed by atoms with Crippen LogP contribution in [0.25, 0.3) is 0 Å². The number of methoxy groups -OCH3 is 1. The first kappa shape index (κ1) is 20.2. The number of benzene rings is 1. The third-order valence-corrected chi connectivity index (χ3v) is 7.05. The summed E-state index contributed by atoms with van der Waals surface area (Å²) in [5.41, 5.74) is 1.69. The number of thiophene rings is 1. The molecular weight excluding hydrogens is 402 g/mol. The molecule has 0 atom stereocenters. The fourth-order valence-corrected chi connectivity index (χ4v) is 5.38. The molecule has 2 aromatic rings. The Morgan fingerprint density at radius 1 is 1.21 bits per heavy atom. The van der Waals surface area contributed by atoms with E-state index in [1.54, 1.807) is 18.4 Å². The first-order chi connectivity index (χ1) is 14.2. The van der Waals surface area contributed by atoms with Gasteiger partial charge in [0.2, 0.25) is 5.91 Å². The number of rotatable bonds is 6. The van der Waals surface area contributed by atoms with E-state index in [0.717, 1.165) is 39.8 Å². The molecule has 1 N–H and O–H groups in total. The first-order valence-corrected chi connectivity index (χ1v) is 11.8. The van der Waals surface area contributed by atoms with E-state index in [0.29, 0.717) is 12.3 Å². The van der Waals surface area contributed by atoms with E-state index >= 15 is 0 Å². The molecule has 2 aliphatic rings. The van der Waals surface area contributed by atoms with E-state index in [4.69, 9.17) is 14.7 Å². The van der Waals surface area contributed by atoms with E-state index in [1.807, 2.05) is 30.3 Å². The van der Waals surface area contributed by atoms with Crippen molar-refractivity contribution in [2.75, 3.05) is 12.9 Å². The molecule has 1 aliphatic carbocycles. The molecule has 1 aromatic heterocycles. The van der Waals surface area contributed by atoms with Crippen LogP contribution in [0.3, 0.4) is 0 Å². The van der Waals surface area contributed by atoms with Crippen molar-refractivity contribution in [3.63, 3.8) is 0 Å². The second-order valence-corrected chi connectivity index (χ2v) is 9.23. The molecule has 0 unspecified atom stereocenters. The molecule has 29 heavy (non-hydrogen) atoms. The number of nitrogens with one attached hydrogen (secondary N) is 1. The summed E-state index contributed by atoms with van der Waals surface area (Å²) in [6.07, 6.45) is 5.62. The fourth-order valence-electron chi connectivity index (χ4n) is 3.71. The predicted molar refractivity (Wildman–Crippen MR) is 121 cm³/mol. The lowest BCUT2D eigenvalue weighted by atomic mass is 9.90. The largest absolute Gasteiger partial charge is 0.497 e. The Hall–Kier alpha value is -2.12. The van der Waals surface area contributed by atoms with Crippen LogP contribution in [0.5, 0.6) is 5.75 Å². The van der Waals surface area contributed by atoms with Crippen molar-refractivity contribution >= 4 is 39.8 Å². The Balaban J connectivity index is 1.39. The van der Waals surface area contributed by atoms with E-state index in [2.05, 4.69) is 16.8 Å². The Kier molecular flexibility index (Phi) is 6.35. The van der Waals surface area contributed by atoms with Crippen LogP contribution in [0.15, 0.2) is 51.8 Å². The van der Waals surface area contributed by atoms with Crippen molar-refractivity contribution in [2.45, 2.75) is 44.3 Å². The minimum Gasteiger partial charge on any atom is -0.497 e. The Bertz CT molecular complexity index is 916. The lowest BCUT2D eigenvalue weighted by molar-refractivity contribution is -0.118. The van der Waals surface area contributed by atoms with Gasteiger partial charge in [-0.1, -0.05) is 36.4 Å².